The van der Waals surface area contributed by atoms with E-state index in [-0.39, 0.29) is 11.9 Å². The summed E-state index contributed by atoms with van der Waals surface area (Å²) in [6.07, 6.45) is 2.66. The van der Waals surface area contributed by atoms with E-state index < -0.39 is 0 Å². The Morgan fingerprint density at radius 2 is 1.63 bits per heavy atom. The van der Waals surface area contributed by atoms with E-state index in [1.54, 1.807) is 0 Å². The SMILES string of the molecule is CCN=c1cc2oc3cc(NCC)c(C)cc3c(-c3ccccc3C(=O)NCCCCCC(=O)OCc3ccccc3)c-2cc1C. The van der Waals surface area contributed by atoms with Gasteiger partial charge in [0.1, 0.15) is 18.0 Å². The van der Waals surface area contributed by atoms with E-state index in [0.717, 1.165) is 80.5 Å². The Kier molecular flexibility index (Phi) is 10.9. The Labute approximate surface area is 271 Å². The number of anilines is 1. The lowest BCUT2D eigenvalue weighted by Gasteiger charge is -2.20. The minimum atomic E-state index is -0.200. The molecule has 0 atom stereocenters. The molecule has 238 valence electrons. The van der Waals surface area contributed by atoms with Crippen LogP contribution >= 0.6 is 0 Å². The second kappa shape index (κ2) is 15.4. The summed E-state index contributed by atoms with van der Waals surface area (Å²) >= 11 is 0. The van der Waals surface area contributed by atoms with Crippen molar-refractivity contribution in [2.45, 2.75) is 60.0 Å². The summed E-state index contributed by atoms with van der Waals surface area (Å²) < 4.78 is 11.9. The lowest BCUT2D eigenvalue weighted by Crippen LogP contribution is -2.25. The smallest absolute Gasteiger partial charge is 0.306 e. The van der Waals surface area contributed by atoms with Crippen LogP contribution in [-0.2, 0) is 16.1 Å². The van der Waals surface area contributed by atoms with Gasteiger partial charge in [-0.3, -0.25) is 14.6 Å². The van der Waals surface area contributed by atoms with Crippen molar-refractivity contribution < 1.29 is 18.7 Å². The summed E-state index contributed by atoms with van der Waals surface area (Å²) in [5, 5.41) is 8.40. The van der Waals surface area contributed by atoms with Gasteiger partial charge in [-0.25, -0.2) is 0 Å². The van der Waals surface area contributed by atoms with Crippen molar-refractivity contribution in [3.05, 3.63) is 106 Å². The molecule has 7 heteroatoms. The van der Waals surface area contributed by atoms with Gasteiger partial charge in [-0.1, -0.05) is 55.0 Å². The zero-order valence-electron chi connectivity index (χ0n) is 27.2. The molecule has 0 unspecified atom stereocenters. The molecule has 0 spiro atoms. The zero-order chi connectivity index (χ0) is 32.5. The van der Waals surface area contributed by atoms with Gasteiger partial charge in [0.05, 0.1) is 5.36 Å². The highest BCUT2D eigenvalue weighted by Crippen LogP contribution is 2.42. The van der Waals surface area contributed by atoms with Crippen molar-refractivity contribution in [1.29, 1.82) is 0 Å². The van der Waals surface area contributed by atoms with Crippen LogP contribution in [-0.4, -0.2) is 31.5 Å². The third-order valence-corrected chi connectivity index (χ3v) is 8.11. The van der Waals surface area contributed by atoms with Gasteiger partial charge in [0, 0.05) is 66.0 Å². The normalized spacial score (nSPS) is 11.6. The number of fused-ring (bicyclic) bond motifs is 2. The monoisotopic (exact) mass is 617 g/mol. The molecule has 2 aliphatic rings. The summed E-state index contributed by atoms with van der Waals surface area (Å²) in [5.74, 6) is 0.397. The Hall–Kier alpha value is -4.91. The molecule has 0 fully saturated rings. The van der Waals surface area contributed by atoms with E-state index in [9.17, 15) is 9.59 Å². The molecule has 46 heavy (non-hydrogen) atoms. The van der Waals surface area contributed by atoms with Gasteiger partial charge in [0.15, 0.2) is 0 Å². The molecule has 1 heterocycles. The Balaban J connectivity index is 1.35. The second-order valence-corrected chi connectivity index (χ2v) is 11.5. The first-order valence-corrected chi connectivity index (χ1v) is 16.2. The van der Waals surface area contributed by atoms with Gasteiger partial charge in [0.25, 0.3) is 5.91 Å². The van der Waals surface area contributed by atoms with Crippen LogP contribution in [0.5, 0.6) is 0 Å². The number of hydrogen-bond acceptors (Lipinski definition) is 6. The molecule has 1 aliphatic carbocycles. The summed E-state index contributed by atoms with van der Waals surface area (Å²) in [5.41, 5.74) is 8.25. The van der Waals surface area contributed by atoms with Crippen LogP contribution in [0.3, 0.4) is 0 Å². The van der Waals surface area contributed by atoms with Gasteiger partial charge < -0.3 is 19.8 Å². The van der Waals surface area contributed by atoms with Crippen LogP contribution in [0.15, 0.2) is 88.3 Å². The third-order valence-electron chi connectivity index (χ3n) is 8.11. The van der Waals surface area contributed by atoms with Crippen LogP contribution in [0, 0.1) is 13.8 Å². The summed E-state index contributed by atoms with van der Waals surface area (Å²) in [6.45, 7) is 10.5. The van der Waals surface area contributed by atoms with Crippen molar-refractivity contribution in [1.82, 2.24) is 5.32 Å². The van der Waals surface area contributed by atoms with Gasteiger partial charge in [-0.05, 0) is 81.0 Å². The van der Waals surface area contributed by atoms with Crippen LogP contribution in [0.25, 0.3) is 33.4 Å². The van der Waals surface area contributed by atoms with Gasteiger partial charge in [0.2, 0.25) is 0 Å². The Morgan fingerprint density at radius 3 is 2.41 bits per heavy atom. The van der Waals surface area contributed by atoms with E-state index in [2.05, 4.69) is 48.5 Å². The molecule has 3 aromatic rings. The molecular weight excluding hydrogens is 574 g/mol. The lowest BCUT2D eigenvalue weighted by molar-refractivity contribution is -0.145. The van der Waals surface area contributed by atoms with Crippen molar-refractivity contribution in [3.63, 3.8) is 0 Å². The quantitative estimate of drug-likeness (QED) is 0.0789. The van der Waals surface area contributed by atoms with E-state index in [4.69, 9.17) is 9.15 Å². The number of nitrogens with zero attached hydrogens (tertiary/aromatic N) is 1. The predicted octanol–water partition coefficient (Wildman–Crippen LogP) is 8.21. The van der Waals surface area contributed by atoms with Crippen molar-refractivity contribution in [3.8, 4) is 22.5 Å². The van der Waals surface area contributed by atoms with Crippen molar-refractivity contribution in [2.24, 2.45) is 4.99 Å². The first-order valence-electron chi connectivity index (χ1n) is 16.2. The van der Waals surface area contributed by atoms with E-state index >= 15 is 0 Å². The third kappa shape index (κ3) is 7.65. The summed E-state index contributed by atoms with van der Waals surface area (Å²) in [4.78, 5) is 30.5. The molecule has 3 aromatic carbocycles. The van der Waals surface area contributed by atoms with Gasteiger partial charge in [-0.15, -0.1) is 0 Å². The van der Waals surface area contributed by atoms with Crippen LogP contribution in [0.4, 0.5) is 5.69 Å². The highest BCUT2D eigenvalue weighted by molar-refractivity contribution is 6.09. The molecule has 0 saturated carbocycles. The fourth-order valence-electron chi connectivity index (χ4n) is 5.78. The molecule has 0 bridgehead atoms. The summed E-state index contributed by atoms with van der Waals surface area (Å²) in [6, 6.07) is 25.7. The average Bonchev–Trinajstić information content (AvgIpc) is 3.06. The minimum Gasteiger partial charge on any atom is -0.461 e. The number of amides is 1. The highest BCUT2D eigenvalue weighted by Gasteiger charge is 2.23. The number of unbranched alkanes of at least 4 members (excludes halogenated alkanes) is 2. The Morgan fingerprint density at radius 1 is 0.848 bits per heavy atom. The van der Waals surface area contributed by atoms with Crippen LogP contribution < -0.4 is 16.0 Å². The van der Waals surface area contributed by atoms with E-state index in [1.807, 2.05) is 73.7 Å². The summed E-state index contributed by atoms with van der Waals surface area (Å²) in [7, 11) is 0. The van der Waals surface area contributed by atoms with Crippen LogP contribution in [0.2, 0.25) is 0 Å². The molecular formula is C39H43N3O4. The number of ether oxygens (including phenoxy) is 1. The van der Waals surface area contributed by atoms with Crippen molar-refractivity contribution in [2.75, 3.05) is 25.0 Å². The molecule has 0 saturated heterocycles. The molecule has 1 amide bonds. The second-order valence-electron chi connectivity index (χ2n) is 11.5. The number of carbonyl (C=O) groups excluding carboxylic acids is 2. The standard InChI is InChI=1S/C39H43N3O4/c1-5-40-33-23-35-31(21-26(33)3)38(32-22-27(4)34(41-6-2)24-36(32)46-35)29-17-12-13-18-30(29)39(44)42-20-14-8-11-19-37(43)45-25-28-15-9-7-10-16-28/h7,9-10,12-13,15-18,21-24,40H,5-6,8,11,14,19-20,25H2,1-4H3,(H,42,44). The maximum absolute atomic E-state index is 13.7. The predicted molar refractivity (Wildman–Crippen MR) is 185 cm³/mol. The highest BCUT2D eigenvalue weighted by atomic mass is 16.5. The topological polar surface area (TPSA) is 92.9 Å². The first kappa shape index (κ1) is 32.5. The number of nitrogens with one attached hydrogen (secondary N) is 2. The number of aryl methyl sites for hydroxylation is 2. The molecule has 0 radical (unpaired) electrons. The molecule has 2 N–H and O–H groups in total. The van der Waals surface area contributed by atoms with Gasteiger partial charge >= 0.3 is 5.97 Å². The first-order chi connectivity index (χ1) is 22.4. The van der Waals surface area contributed by atoms with Crippen LogP contribution in [0.1, 0.15) is 66.6 Å². The fourth-order valence-corrected chi connectivity index (χ4v) is 5.78. The minimum absolute atomic E-state index is 0.129. The average molecular weight is 618 g/mol. The number of rotatable bonds is 13. The number of carbonyl (C=O) groups is 2. The molecule has 0 aromatic heterocycles. The van der Waals surface area contributed by atoms with Crippen molar-refractivity contribution >= 4 is 28.5 Å². The maximum atomic E-state index is 13.7. The molecule has 5 rings (SSSR count). The van der Waals surface area contributed by atoms with E-state index in [0.29, 0.717) is 38.1 Å². The number of esters is 1. The largest absolute Gasteiger partial charge is 0.461 e. The molecule has 7 nitrogen and oxygen atoms in total. The number of benzene rings is 4. The fraction of sp³-hybridized carbons (Fsp3) is 0.308. The Bertz CT molecular complexity index is 1860. The lowest BCUT2D eigenvalue weighted by atomic mass is 9.89. The molecule has 1 aliphatic heterocycles. The number of hydrogen-bond donors (Lipinski definition) is 2. The van der Waals surface area contributed by atoms with Gasteiger partial charge in [-0.2, -0.15) is 0 Å². The van der Waals surface area contributed by atoms with E-state index in [1.165, 1.54) is 0 Å². The maximum Gasteiger partial charge on any atom is 0.306 e. The zero-order valence-corrected chi connectivity index (χ0v) is 27.2.